The van der Waals surface area contributed by atoms with Crippen molar-refractivity contribution in [2.24, 2.45) is 0 Å². The van der Waals surface area contributed by atoms with Gasteiger partial charge in [0.25, 0.3) is 0 Å². The van der Waals surface area contributed by atoms with Crippen LogP contribution in [0.4, 0.5) is 35.1 Å². The lowest BCUT2D eigenvalue weighted by Gasteiger charge is -2.30. The van der Waals surface area contributed by atoms with Crippen LogP contribution >= 0.6 is 0 Å². The van der Waals surface area contributed by atoms with E-state index in [0.29, 0.717) is 22.3 Å². The van der Waals surface area contributed by atoms with Crippen molar-refractivity contribution in [1.82, 2.24) is 0 Å². The summed E-state index contributed by atoms with van der Waals surface area (Å²) in [5, 5.41) is 0. The smallest absolute Gasteiger partial charge is 0.206 e. The molecule has 64 heavy (non-hydrogen) atoms. The molecule has 0 saturated heterocycles. The predicted molar refractivity (Wildman–Crippen MR) is 249 cm³/mol. The quantitative estimate of drug-likeness (QED) is 0.0849. The predicted octanol–water partition coefficient (Wildman–Crippen LogP) is 18.1. The molecule has 0 N–H and O–H groups in total. The van der Waals surface area contributed by atoms with Gasteiger partial charge in [-0.15, -0.1) is 0 Å². The molecule has 6 aromatic carbocycles. The van der Waals surface area contributed by atoms with E-state index in [1.54, 1.807) is 36.4 Å². The first-order chi connectivity index (χ1) is 30.6. The summed E-state index contributed by atoms with van der Waals surface area (Å²) in [7, 11) is 0. The Kier molecular flexibility index (Phi) is 14.2. The fraction of sp³-hybridized carbons (Fsp3) is 0.107. The Balaban J connectivity index is 1.82. The number of halogens is 8. The molecule has 324 valence electrons. The first kappa shape index (κ1) is 46.4. The van der Waals surface area contributed by atoms with Crippen molar-refractivity contribution in [1.29, 1.82) is 0 Å². The zero-order valence-electron chi connectivity index (χ0n) is 35.6. The number of alkyl halides is 6. The third kappa shape index (κ3) is 9.47. The lowest BCUT2D eigenvalue weighted by molar-refractivity contribution is -0.140. The molecule has 0 fully saturated rings. The Bertz CT molecular complexity index is 2840. The van der Waals surface area contributed by atoms with Gasteiger partial charge in [0.15, 0.2) is 0 Å². The van der Waals surface area contributed by atoms with Crippen LogP contribution in [-0.4, -0.2) is 0 Å². The molecule has 0 amide bonds. The van der Waals surface area contributed by atoms with Crippen LogP contribution in [-0.2, 0) is 12.4 Å². The molecular weight excluding hydrogens is 825 g/mol. The van der Waals surface area contributed by atoms with Crippen LogP contribution in [0.5, 0.6) is 0 Å². The normalized spacial score (nSPS) is 13.0. The highest BCUT2D eigenvalue weighted by atomic mass is 19.4. The van der Waals surface area contributed by atoms with Crippen LogP contribution in [0.3, 0.4) is 0 Å². The average molecular weight is 869 g/mol. The first-order valence-corrected chi connectivity index (χ1v) is 20.4. The van der Waals surface area contributed by atoms with E-state index >= 15 is 0 Å². The number of rotatable bonds is 12. The highest BCUT2D eigenvalue weighted by Crippen LogP contribution is 2.53. The van der Waals surface area contributed by atoms with E-state index in [1.165, 1.54) is 12.1 Å². The Morgan fingerprint density at radius 1 is 0.438 bits per heavy atom. The van der Waals surface area contributed by atoms with E-state index in [9.17, 15) is 35.1 Å². The Morgan fingerprint density at radius 2 is 0.812 bits per heavy atom. The molecule has 0 atom stereocenters. The van der Waals surface area contributed by atoms with E-state index in [0.717, 1.165) is 79.9 Å². The zero-order chi connectivity index (χ0) is 46.3. The number of allylic oxidation sites excluding steroid dienone is 12. The van der Waals surface area contributed by atoms with Crippen molar-refractivity contribution in [3.8, 4) is 55.6 Å². The monoisotopic (exact) mass is 868 g/mol. The SMILES string of the molecule is C=C/C=C(\C=C)c1c(C(/C=C\C)=C/C)c(-c2ccc(-c3ccc(F)c(C(F)(F)F)c3)cc2)c(-c2ccccc2)c(C(/C=C\C)=C/C)c1-c1ccc(-c2ccc(F)c(C(F)(F)F)c2)cc1. The molecule has 0 unspecified atom stereocenters. The van der Waals surface area contributed by atoms with Gasteiger partial charge in [0.05, 0.1) is 11.1 Å². The largest absolute Gasteiger partial charge is 0.419 e. The summed E-state index contributed by atoms with van der Waals surface area (Å²) in [6, 6.07) is 29.9. The van der Waals surface area contributed by atoms with Crippen LogP contribution < -0.4 is 0 Å². The van der Waals surface area contributed by atoms with Gasteiger partial charge in [0.1, 0.15) is 11.6 Å². The summed E-state index contributed by atoms with van der Waals surface area (Å²) in [4.78, 5) is 0. The Hall–Kier alpha value is -7.06. The minimum atomic E-state index is -4.89. The molecule has 8 heteroatoms. The summed E-state index contributed by atoms with van der Waals surface area (Å²) in [6.45, 7) is 15.9. The van der Waals surface area contributed by atoms with E-state index in [1.807, 2.05) is 125 Å². The van der Waals surface area contributed by atoms with Crippen molar-refractivity contribution < 1.29 is 35.1 Å². The molecule has 0 aliphatic heterocycles. The molecule has 6 rings (SSSR count). The molecular formula is C56H44F8. The van der Waals surface area contributed by atoms with Crippen LogP contribution in [0.15, 0.2) is 183 Å². The van der Waals surface area contributed by atoms with Crippen LogP contribution in [0.2, 0.25) is 0 Å². The Morgan fingerprint density at radius 3 is 1.22 bits per heavy atom. The minimum Gasteiger partial charge on any atom is -0.206 e. The van der Waals surface area contributed by atoms with Gasteiger partial charge < -0.3 is 0 Å². The average Bonchev–Trinajstić information content (AvgIpc) is 3.28. The van der Waals surface area contributed by atoms with Gasteiger partial charge in [-0.25, -0.2) is 8.78 Å². The molecule has 0 aromatic heterocycles. The topological polar surface area (TPSA) is 0 Å². The Labute approximate surface area is 369 Å². The zero-order valence-corrected chi connectivity index (χ0v) is 35.6. The van der Waals surface area contributed by atoms with Gasteiger partial charge in [-0.2, -0.15) is 26.3 Å². The summed E-state index contributed by atoms with van der Waals surface area (Å²) < 4.78 is 112. The van der Waals surface area contributed by atoms with Gasteiger partial charge >= 0.3 is 12.4 Å². The number of benzene rings is 6. The van der Waals surface area contributed by atoms with Crippen molar-refractivity contribution in [2.75, 3.05) is 0 Å². The van der Waals surface area contributed by atoms with Gasteiger partial charge in [-0.05, 0) is 141 Å². The van der Waals surface area contributed by atoms with E-state index in [-0.39, 0.29) is 11.1 Å². The maximum absolute atomic E-state index is 14.4. The fourth-order valence-electron chi connectivity index (χ4n) is 7.98. The van der Waals surface area contributed by atoms with E-state index in [2.05, 4.69) is 13.2 Å². The molecule has 0 heterocycles. The maximum Gasteiger partial charge on any atom is 0.419 e. The second-order valence-corrected chi connectivity index (χ2v) is 14.7. The van der Waals surface area contributed by atoms with Gasteiger partial charge in [0, 0.05) is 0 Å². The van der Waals surface area contributed by atoms with Crippen LogP contribution in [0.25, 0.3) is 72.4 Å². The van der Waals surface area contributed by atoms with Crippen molar-refractivity contribution in [2.45, 2.75) is 40.0 Å². The molecule has 6 aromatic rings. The summed E-state index contributed by atoms with van der Waals surface area (Å²) in [5.74, 6) is -2.72. The minimum absolute atomic E-state index is 0.186. The third-order valence-corrected chi connectivity index (χ3v) is 10.8. The highest BCUT2D eigenvalue weighted by Gasteiger charge is 2.36. The maximum atomic E-state index is 14.4. The first-order valence-electron chi connectivity index (χ1n) is 20.4. The van der Waals surface area contributed by atoms with Crippen molar-refractivity contribution >= 4 is 16.7 Å². The van der Waals surface area contributed by atoms with E-state index < -0.39 is 35.1 Å². The number of hydrogen-bond donors (Lipinski definition) is 0. The fourth-order valence-corrected chi connectivity index (χ4v) is 7.98. The highest BCUT2D eigenvalue weighted by molar-refractivity contribution is 6.11. The van der Waals surface area contributed by atoms with Gasteiger partial charge in [-0.3, -0.25) is 0 Å². The van der Waals surface area contributed by atoms with Crippen molar-refractivity contribution in [3.63, 3.8) is 0 Å². The summed E-state index contributed by atoms with van der Waals surface area (Å²) in [6.07, 6.45) is 7.26. The van der Waals surface area contributed by atoms with Crippen LogP contribution in [0.1, 0.15) is 55.5 Å². The van der Waals surface area contributed by atoms with Crippen molar-refractivity contribution in [3.05, 3.63) is 223 Å². The third-order valence-electron chi connectivity index (χ3n) is 10.8. The molecule has 0 aliphatic rings. The number of hydrogen-bond acceptors (Lipinski definition) is 0. The molecule has 0 nitrogen and oxygen atoms in total. The van der Waals surface area contributed by atoms with E-state index in [4.69, 9.17) is 0 Å². The molecule has 0 aliphatic carbocycles. The standard InChI is InChI=1S/C56H44F8/c1-7-16-35(10-4)49-50(36(11-5)17-8-2)54(42-27-23-39(24-28-42)44-30-32-48(58)46(34-44)56(62,63)64)52(40-19-14-13-15-20-40)51(37(12-6)18-9-3)53(49)41-25-21-38(22-26-41)43-29-31-47(57)45(33-43)55(59,60)61/h7-34H,1,4H2,2-3,5-6H3/b17-8-,18-9-,35-16+,36-11+,37-12+. The second-order valence-electron chi connectivity index (χ2n) is 14.7. The van der Waals surface area contributed by atoms with Crippen LogP contribution in [0, 0.1) is 11.6 Å². The molecule has 0 bridgehead atoms. The lowest BCUT2D eigenvalue weighted by atomic mass is 9.73. The molecule has 0 radical (unpaired) electrons. The molecule has 0 spiro atoms. The second kappa shape index (κ2) is 19.5. The van der Waals surface area contributed by atoms with Gasteiger partial charge in [-0.1, -0.05) is 159 Å². The lowest BCUT2D eigenvalue weighted by Crippen LogP contribution is -2.08. The van der Waals surface area contributed by atoms with Gasteiger partial charge in [0.2, 0.25) is 0 Å². The molecule has 0 saturated carbocycles. The summed E-state index contributed by atoms with van der Waals surface area (Å²) >= 11 is 0. The summed E-state index contributed by atoms with van der Waals surface area (Å²) in [5.41, 5.74) is 7.88.